The molecular weight excluding hydrogens is 420 g/mol. The molecule has 0 aliphatic heterocycles. The largest absolute Gasteiger partial charge is 0.496 e. The first kappa shape index (κ1) is 21.8. The van der Waals surface area contributed by atoms with E-state index in [9.17, 15) is 4.79 Å². The second kappa shape index (κ2) is 9.78. The van der Waals surface area contributed by atoms with Crippen LogP contribution < -0.4 is 15.0 Å². The highest BCUT2D eigenvalue weighted by Crippen LogP contribution is 2.36. The fourth-order valence-electron chi connectivity index (χ4n) is 3.55. The van der Waals surface area contributed by atoms with Crippen LogP contribution in [0.1, 0.15) is 17.8 Å². The monoisotopic (exact) mass is 446 g/mol. The molecule has 0 atom stereocenters. The van der Waals surface area contributed by atoms with Gasteiger partial charge in [-0.25, -0.2) is 9.97 Å². The Morgan fingerprint density at radius 2 is 1.84 bits per heavy atom. The van der Waals surface area contributed by atoms with Crippen LogP contribution >= 0.6 is 11.3 Å². The number of amides is 1. The maximum Gasteiger partial charge on any atom is 0.222 e. The van der Waals surface area contributed by atoms with Crippen LogP contribution in [0.3, 0.4) is 0 Å². The number of methoxy groups -OCH3 is 1. The summed E-state index contributed by atoms with van der Waals surface area (Å²) in [6, 6.07) is 20.1. The van der Waals surface area contributed by atoms with Gasteiger partial charge in [0.2, 0.25) is 5.91 Å². The third-order valence-electron chi connectivity index (χ3n) is 5.25. The lowest BCUT2D eigenvalue weighted by Crippen LogP contribution is -2.29. The average Bonchev–Trinajstić information content (AvgIpc) is 3.25. The number of hydrogen-bond donors (Lipinski definition) is 1. The number of carbonyl (C=O) groups excluding carboxylic acids is 1. The van der Waals surface area contributed by atoms with Gasteiger partial charge < -0.3 is 15.0 Å². The molecule has 0 spiro atoms. The Morgan fingerprint density at radius 1 is 1.09 bits per heavy atom. The van der Waals surface area contributed by atoms with E-state index in [0.29, 0.717) is 19.5 Å². The van der Waals surface area contributed by atoms with Crippen LogP contribution in [0.15, 0.2) is 60.7 Å². The molecule has 0 radical (unpaired) electrons. The first-order chi connectivity index (χ1) is 15.5. The van der Waals surface area contributed by atoms with E-state index in [0.717, 1.165) is 43.6 Å². The average molecular weight is 447 g/mol. The summed E-state index contributed by atoms with van der Waals surface area (Å²) in [5.41, 5.74) is 2.12. The second-order valence-corrected chi connectivity index (χ2v) is 8.58. The van der Waals surface area contributed by atoms with Crippen molar-refractivity contribution in [3.63, 3.8) is 0 Å². The molecule has 1 amide bonds. The molecule has 2 aromatic heterocycles. The number of benzene rings is 2. The van der Waals surface area contributed by atoms with E-state index in [1.165, 1.54) is 0 Å². The van der Waals surface area contributed by atoms with Gasteiger partial charge in [0, 0.05) is 37.0 Å². The van der Waals surface area contributed by atoms with Crippen molar-refractivity contribution < 1.29 is 9.53 Å². The van der Waals surface area contributed by atoms with E-state index in [-0.39, 0.29) is 5.91 Å². The van der Waals surface area contributed by atoms with Gasteiger partial charge in [-0.15, -0.1) is 11.3 Å². The summed E-state index contributed by atoms with van der Waals surface area (Å²) < 4.78 is 5.35. The van der Waals surface area contributed by atoms with Gasteiger partial charge in [0.05, 0.1) is 12.5 Å². The highest BCUT2D eigenvalue weighted by molar-refractivity contribution is 7.21. The summed E-state index contributed by atoms with van der Waals surface area (Å²) in [6.07, 6.45) is 0.367. The Balaban J connectivity index is 1.44. The van der Waals surface area contributed by atoms with Gasteiger partial charge in [-0.3, -0.25) is 4.79 Å². The molecule has 7 heteroatoms. The van der Waals surface area contributed by atoms with Gasteiger partial charge in [0.1, 0.15) is 22.2 Å². The Morgan fingerprint density at radius 3 is 2.62 bits per heavy atom. The standard InChI is InChI=1S/C25H26N4O2S/c1-17-27-24(20-15-22(32-25(20)28-17)18-9-5-4-6-10-18)29(2)14-13-23(30)26-16-19-11-7-8-12-21(19)31-3/h4-12,15H,13-14,16H2,1-3H3,(H,26,30). The Hall–Kier alpha value is -3.45. The van der Waals surface area contributed by atoms with Crippen LogP contribution in [0.25, 0.3) is 20.7 Å². The quantitative estimate of drug-likeness (QED) is 0.420. The fraction of sp³-hybridized carbons (Fsp3) is 0.240. The highest BCUT2D eigenvalue weighted by Gasteiger charge is 2.15. The number of ether oxygens (including phenoxy) is 1. The number of fused-ring (bicyclic) bond motifs is 1. The minimum atomic E-state index is -0.0138. The summed E-state index contributed by atoms with van der Waals surface area (Å²) in [6.45, 7) is 2.90. The number of aromatic nitrogens is 2. The van der Waals surface area contributed by atoms with Crippen LogP contribution in [0.4, 0.5) is 5.82 Å². The van der Waals surface area contributed by atoms with Crippen molar-refractivity contribution in [2.45, 2.75) is 19.9 Å². The molecule has 0 aliphatic carbocycles. The third-order valence-corrected chi connectivity index (χ3v) is 6.33. The topological polar surface area (TPSA) is 67.3 Å². The molecule has 6 nitrogen and oxygen atoms in total. The van der Waals surface area contributed by atoms with Crippen LogP contribution in [0.5, 0.6) is 5.75 Å². The molecule has 0 bridgehead atoms. The van der Waals surface area contributed by atoms with Crippen LogP contribution in [-0.4, -0.2) is 36.6 Å². The lowest BCUT2D eigenvalue weighted by atomic mass is 10.2. The Kier molecular flexibility index (Phi) is 6.66. The smallest absolute Gasteiger partial charge is 0.222 e. The van der Waals surface area contributed by atoms with E-state index in [1.807, 2.05) is 61.3 Å². The molecule has 1 N–H and O–H groups in total. The molecule has 0 saturated heterocycles. The second-order valence-electron chi connectivity index (χ2n) is 7.55. The number of nitrogens with zero attached hydrogens (tertiary/aromatic N) is 3. The van der Waals surface area contributed by atoms with E-state index < -0.39 is 0 Å². The van der Waals surface area contributed by atoms with Crippen molar-refractivity contribution in [2.75, 3.05) is 25.6 Å². The molecule has 2 heterocycles. The summed E-state index contributed by atoms with van der Waals surface area (Å²) in [5.74, 6) is 2.33. The number of anilines is 1. The van der Waals surface area contributed by atoms with Gasteiger partial charge >= 0.3 is 0 Å². The Labute approximate surface area is 191 Å². The molecular formula is C25H26N4O2S. The van der Waals surface area contributed by atoms with Gasteiger partial charge in [-0.2, -0.15) is 0 Å². The molecule has 4 aromatic rings. The first-order valence-corrected chi connectivity index (χ1v) is 11.3. The summed E-state index contributed by atoms with van der Waals surface area (Å²) >= 11 is 1.66. The number of aryl methyl sites for hydroxylation is 1. The molecule has 0 fully saturated rings. The minimum absolute atomic E-state index is 0.0138. The van der Waals surface area contributed by atoms with E-state index in [2.05, 4.69) is 33.5 Å². The predicted molar refractivity (Wildman–Crippen MR) is 130 cm³/mol. The van der Waals surface area contributed by atoms with Crippen molar-refractivity contribution in [3.05, 3.63) is 72.1 Å². The maximum atomic E-state index is 12.5. The van der Waals surface area contributed by atoms with Gasteiger partial charge in [-0.1, -0.05) is 48.5 Å². The van der Waals surface area contributed by atoms with Crippen molar-refractivity contribution in [1.29, 1.82) is 0 Å². The zero-order valence-corrected chi connectivity index (χ0v) is 19.3. The van der Waals surface area contributed by atoms with Crippen molar-refractivity contribution in [2.24, 2.45) is 0 Å². The molecule has 0 aliphatic rings. The maximum absolute atomic E-state index is 12.5. The number of rotatable bonds is 8. The van der Waals surface area contributed by atoms with Crippen molar-refractivity contribution >= 4 is 33.3 Å². The molecule has 4 rings (SSSR count). The highest BCUT2D eigenvalue weighted by atomic mass is 32.1. The van der Waals surface area contributed by atoms with E-state index >= 15 is 0 Å². The molecule has 2 aromatic carbocycles. The zero-order valence-electron chi connectivity index (χ0n) is 18.5. The Bertz CT molecular complexity index is 1220. The molecule has 32 heavy (non-hydrogen) atoms. The van der Waals surface area contributed by atoms with Gasteiger partial charge in [-0.05, 0) is 24.6 Å². The number of nitrogens with one attached hydrogen (secondary N) is 1. The fourth-order valence-corrected chi connectivity index (χ4v) is 4.63. The number of hydrogen-bond acceptors (Lipinski definition) is 6. The molecule has 0 saturated carbocycles. The van der Waals surface area contributed by atoms with Gasteiger partial charge in [0.15, 0.2) is 0 Å². The number of carbonyl (C=O) groups is 1. The van der Waals surface area contributed by atoms with Crippen molar-refractivity contribution in [3.8, 4) is 16.2 Å². The number of thiophene rings is 1. The normalized spacial score (nSPS) is 10.8. The summed E-state index contributed by atoms with van der Waals surface area (Å²) in [5, 5.41) is 3.99. The molecule has 164 valence electrons. The van der Waals surface area contributed by atoms with Crippen LogP contribution in [0.2, 0.25) is 0 Å². The summed E-state index contributed by atoms with van der Waals surface area (Å²) in [4.78, 5) is 25.9. The lowest BCUT2D eigenvalue weighted by Gasteiger charge is -2.19. The minimum Gasteiger partial charge on any atom is -0.496 e. The predicted octanol–water partition coefficient (Wildman–Crippen LogP) is 4.82. The van der Waals surface area contributed by atoms with Crippen molar-refractivity contribution in [1.82, 2.24) is 15.3 Å². The van der Waals surface area contributed by atoms with E-state index in [1.54, 1.807) is 18.4 Å². The SMILES string of the molecule is COc1ccccc1CNC(=O)CCN(C)c1nc(C)nc2sc(-c3ccccc3)cc12. The van der Waals surface area contributed by atoms with Gasteiger partial charge in [0.25, 0.3) is 0 Å². The first-order valence-electron chi connectivity index (χ1n) is 10.5. The van der Waals surface area contributed by atoms with Crippen LogP contribution in [0, 0.1) is 6.92 Å². The molecule has 0 unspecified atom stereocenters. The van der Waals surface area contributed by atoms with Crippen LogP contribution in [-0.2, 0) is 11.3 Å². The number of para-hydroxylation sites is 1. The summed E-state index contributed by atoms with van der Waals surface area (Å²) in [7, 11) is 3.60. The van der Waals surface area contributed by atoms with E-state index in [4.69, 9.17) is 4.74 Å². The lowest BCUT2D eigenvalue weighted by molar-refractivity contribution is -0.121. The third kappa shape index (κ3) is 4.89. The zero-order chi connectivity index (χ0) is 22.5.